The Labute approximate surface area is 180 Å². The lowest BCUT2D eigenvalue weighted by Gasteiger charge is -2.34. The van der Waals surface area contributed by atoms with Crippen LogP contribution in [0.2, 0.25) is 0 Å². The van der Waals surface area contributed by atoms with Crippen LogP contribution in [0, 0.1) is 5.82 Å². The highest BCUT2D eigenvalue weighted by molar-refractivity contribution is 9.10. The van der Waals surface area contributed by atoms with Crippen molar-refractivity contribution in [3.8, 4) is 0 Å². The second-order valence-electron chi connectivity index (χ2n) is 6.65. The molecule has 0 saturated carbocycles. The molecular formula is C20H19BrFN5OS. The van der Waals surface area contributed by atoms with Crippen LogP contribution in [0.15, 0.2) is 52.4 Å². The first-order chi connectivity index (χ1) is 14.1. The van der Waals surface area contributed by atoms with Crippen LogP contribution in [-0.4, -0.2) is 51.9 Å². The lowest BCUT2D eigenvalue weighted by atomic mass is 10.1. The number of carbonyl (C=O) groups is 1. The van der Waals surface area contributed by atoms with Gasteiger partial charge in [-0.15, -0.1) is 11.3 Å². The highest BCUT2D eigenvalue weighted by Gasteiger charge is 2.25. The van der Waals surface area contributed by atoms with E-state index in [4.69, 9.17) is 0 Å². The van der Waals surface area contributed by atoms with Gasteiger partial charge in [0.15, 0.2) is 5.13 Å². The number of thiazole rings is 1. The molecule has 4 rings (SSSR count). The quantitative estimate of drug-likeness (QED) is 0.600. The van der Waals surface area contributed by atoms with Crippen LogP contribution in [0.3, 0.4) is 0 Å². The Morgan fingerprint density at radius 1 is 1.17 bits per heavy atom. The minimum Gasteiger partial charge on any atom is -0.336 e. The van der Waals surface area contributed by atoms with E-state index in [1.54, 1.807) is 23.2 Å². The number of rotatable bonds is 5. The molecule has 1 aromatic carbocycles. The van der Waals surface area contributed by atoms with Crippen molar-refractivity contribution < 1.29 is 9.18 Å². The number of nitrogens with one attached hydrogen (secondary N) is 1. The number of anilines is 2. The average Bonchev–Trinajstić information content (AvgIpc) is 3.23. The van der Waals surface area contributed by atoms with Gasteiger partial charge in [-0.1, -0.05) is 12.1 Å². The van der Waals surface area contributed by atoms with Crippen molar-refractivity contribution in [3.05, 3.63) is 69.5 Å². The zero-order chi connectivity index (χ0) is 20.2. The van der Waals surface area contributed by atoms with Crippen LogP contribution in [0.25, 0.3) is 0 Å². The van der Waals surface area contributed by atoms with Gasteiger partial charge in [-0.05, 0) is 40.2 Å². The summed E-state index contributed by atoms with van der Waals surface area (Å²) in [6.45, 7) is 3.24. The van der Waals surface area contributed by atoms with E-state index in [0.717, 1.165) is 16.6 Å². The zero-order valence-corrected chi connectivity index (χ0v) is 17.9. The third kappa shape index (κ3) is 4.80. The fourth-order valence-electron chi connectivity index (χ4n) is 3.21. The van der Waals surface area contributed by atoms with Gasteiger partial charge >= 0.3 is 0 Å². The van der Waals surface area contributed by atoms with Crippen LogP contribution in [0.1, 0.15) is 16.1 Å². The van der Waals surface area contributed by atoms with E-state index in [0.29, 0.717) is 37.2 Å². The standard InChI is InChI=1S/C20H19BrFN5OS/c21-16-5-2-4-15(18(16)22)19(28)27-10-8-26(9-11-27)13-14-3-1-6-17(24-14)25-20-23-7-12-29-20/h1-7,12H,8-11,13H2,(H,23,24,25). The smallest absolute Gasteiger partial charge is 0.256 e. The van der Waals surface area contributed by atoms with E-state index in [-0.39, 0.29) is 11.5 Å². The number of piperazine rings is 1. The van der Waals surface area contributed by atoms with Crippen LogP contribution < -0.4 is 5.32 Å². The SMILES string of the molecule is O=C(c1cccc(Br)c1F)N1CCN(Cc2cccc(Nc3nccs3)n2)CC1. The number of hydrogen-bond donors (Lipinski definition) is 1. The molecule has 1 N–H and O–H groups in total. The summed E-state index contributed by atoms with van der Waals surface area (Å²) < 4.78 is 14.5. The van der Waals surface area contributed by atoms with Gasteiger partial charge in [0.05, 0.1) is 15.7 Å². The first kappa shape index (κ1) is 19.9. The van der Waals surface area contributed by atoms with Crippen molar-refractivity contribution in [2.24, 2.45) is 0 Å². The second kappa shape index (κ2) is 8.98. The monoisotopic (exact) mass is 475 g/mol. The molecule has 2 aromatic heterocycles. The van der Waals surface area contributed by atoms with Gasteiger partial charge in [0.25, 0.3) is 5.91 Å². The minimum absolute atomic E-state index is 0.107. The van der Waals surface area contributed by atoms with E-state index in [2.05, 4.69) is 36.1 Å². The third-order valence-electron chi connectivity index (χ3n) is 4.70. The molecule has 0 spiro atoms. The topological polar surface area (TPSA) is 61.4 Å². The second-order valence-corrected chi connectivity index (χ2v) is 8.40. The van der Waals surface area contributed by atoms with Gasteiger partial charge in [-0.3, -0.25) is 9.69 Å². The predicted octanol–water partition coefficient (Wildman–Crippen LogP) is 4.14. The van der Waals surface area contributed by atoms with Gasteiger partial charge in [-0.25, -0.2) is 14.4 Å². The number of benzene rings is 1. The maximum atomic E-state index is 14.2. The zero-order valence-electron chi connectivity index (χ0n) is 15.5. The molecule has 1 aliphatic heterocycles. The van der Waals surface area contributed by atoms with Gasteiger partial charge < -0.3 is 10.2 Å². The molecule has 1 aliphatic rings. The number of nitrogens with zero attached hydrogens (tertiary/aromatic N) is 4. The van der Waals surface area contributed by atoms with Crippen LogP contribution in [-0.2, 0) is 6.54 Å². The van der Waals surface area contributed by atoms with E-state index in [1.165, 1.54) is 17.4 Å². The lowest BCUT2D eigenvalue weighted by Crippen LogP contribution is -2.48. The number of pyridine rings is 1. The molecule has 0 atom stereocenters. The van der Waals surface area contributed by atoms with Crippen molar-refractivity contribution in [3.63, 3.8) is 0 Å². The first-order valence-corrected chi connectivity index (χ1v) is 10.9. The van der Waals surface area contributed by atoms with Crippen molar-refractivity contribution in [2.75, 3.05) is 31.5 Å². The van der Waals surface area contributed by atoms with Gasteiger partial charge in [0.2, 0.25) is 0 Å². The van der Waals surface area contributed by atoms with Crippen molar-refractivity contribution in [2.45, 2.75) is 6.54 Å². The molecule has 29 heavy (non-hydrogen) atoms. The maximum Gasteiger partial charge on any atom is 0.256 e. The maximum absolute atomic E-state index is 14.2. The Hall–Kier alpha value is -2.36. The summed E-state index contributed by atoms with van der Waals surface area (Å²) in [4.78, 5) is 25.5. The van der Waals surface area contributed by atoms with Crippen molar-refractivity contribution in [1.82, 2.24) is 19.8 Å². The molecule has 1 fully saturated rings. The molecule has 6 nitrogen and oxygen atoms in total. The molecule has 9 heteroatoms. The first-order valence-electron chi connectivity index (χ1n) is 9.18. The fourth-order valence-corrected chi connectivity index (χ4v) is 4.11. The Balaban J connectivity index is 1.34. The lowest BCUT2D eigenvalue weighted by molar-refractivity contribution is 0.0622. The molecule has 0 radical (unpaired) electrons. The Morgan fingerprint density at radius 2 is 1.97 bits per heavy atom. The van der Waals surface area contributed by atoms with E-state index in [1.807, 2.05) is 23.6 Å². The van der Waals surface area contributed by atoms with E-state index >= 15 is 0 Å². The number of aromatic nitrogens is 2. The Bertz CT molecular complexity index is 992. The number of carbonyl (C=O) groups excluding carboxylic acids is 1. The summed E-state index contributed by atoms with van der Waals surface area (Å²) in [5.41, 5.74) is 1.06. The summed E-state index contributed by atoms with van der Waals surface area (Å²) >= 11 is 4.66. The fraction of sp³-hybridized carbons (Fsp3) is 0.250. The molecule has 0 unspecified atom stereocenters. The number of amides is 1. The molecular weight excluding hydrogens is 457 g/mol. The van der Waals surface area contributed by atoms with Crippen molar-refractivity contribution >= 4 is 44.1 Å². The Kier molecular flexibility index (Phi) is 6.17. The van der Waals surface area contributed by atoms with Gasteiger partial charge in [0.1, 0.15) is 11.6 Å². The summed E-state index contributed by atoms with van der Waals surface area (Å²) in [5.74, 6) is -0.0127. The highest BCUT2D eigenvalue weighted by Crippen LogP contribution is 2.21. The number of halogens is 2. The largest absolute Gasteiger partial charge is 0.336 e. The van der Waals surface area contributed by atoms with Crippen LogP contribution in [0.5, 0.6) is 0 Å². The number of hydrogen-bond acceptors (Lipinski definition) is 6. The predicted molar refractivity (Wildman–Crippen MR) is 115 cm³/mol. The summed E-state index contributed by atoms with van der Waals surface area (Å²) in [6.07, 6.45) is 1.75. The van der Waals surface area contributed by atoms with Gasteiger partial charge in [-0.2, -0.15) is 0 Å². The molecule has 3 heterocycles. The summed E-state index contributed by atoms with van der Waals surface area (Å²) in [5, 5.41) is 5.91. The molecule has 1 amide bonds. The molecule has 3 aromatic rings. The van der Waals surface area contributed by atoms with E-state index in [9.17, 15) is 9.18 Å². The third-order valence-corrected chi connectivity index (χ3v) is 6.00. The summed E-state index contributed by atoms with van der Waals surface area (Å²) in [7, 11) is 0. The minimum atomic E-state index is -0.506. The molecule has 1 saturated heterocycles. The van der Waals surface area contributed by atoms with Crippen molar-refractivity contribution in [1.29, 1.82) is 0 Å². The highest BCUT2D eigenvalue weighted by atomic mass is 79.9. The normalized spacial score (nSPS) is 14.8. The molecule has 0 bridgehead atoms. The molecule has 0 aliphatic carbocycles. The molecule has 150 valence electrons. The Morgan fingerprint density at radius 3 is 2.72 bits per heavy atom. The average molecular weight is 476 g/mol. The van der Waals surface area contributed by atoms with Crippen LogP contribution in [0.4, 0.5) is 15.3 Å². The summed E-state index contributed by atoms with van der Waals surface area (Å²) in [6, 6.07) is 10.7. The van der Waals surface area contributed by atoms with Gasteiger partial charge in [0, 0.05) is 44.3 Å². The van der Waals surface area contributed by atoms with Crippen LogP contribution >= 0.6 is 27.3 Å². The van der Waals surface area contributed by atoms with E-state index < -0.39 is 5.82 Å².